The third-order valence-corrected chi connectivity index (χ3v) is 14.0. The highest BCUT2D eigenvalue weighted by molar-refractivity contribution is 5.78. The Morgan fingerprint density at radius 3 is 2.33 bits per heavy atom. The number of methoxy groups -OCH3 is 1. The van der Waals surface area contributed by atoms with Crippen LogP contribution in [-0.4, -0.2) is 48.1 Å². The lowest BCUT2D eigenvalue weighted by atomic mass is 9.33. The minimum Gasteiger partial charge on any atom is -0.469 e. The van der Waals surface area contributed by atoms with E-state index in [1.165, 1.54) is 12.5 Å². The fourth-order valence-electron chi connectivity index (χ4n) is 11.5. The van der Waals surface area contributed by atoms with Gasteiger partial charge in [0.1, 0.15) is 6.10 Å². The van der Waals surface area contributed by atoms with Gasteiger partial charge in [-0.3, -0.25) is 9.59 Å². The first kappa shape index (κ1) is 29.1. The van der Waals surface area contributed by atoms with Gasteiger partial charge in [-0.25, -0.2) is 0 Å². The van der Waals surface area contributed by atoms with E-state index >= 15 is 0 Å². The molecule has 0 saturated heterocycles. The highest BCUT2D eigenvalue weighted by Crippen LogP contribution is 2.76. The largest absolute Gasteiger partial charge is 0.469 e. The molecule has 0 radical (unpaired) electrons. The second-order valence-electron chi connectivity index (χ2n) is 15.3. The lowest BCUT2D eigenvalue weighted by Crippen LogP contribution is -2.68. The SMILES string of the molecule is COC(=O)C12CCC(C)C(C)C1C1=CCC3C4(C)CC(OC(C)=O)C(O)C(C)(CO)C4CCC3(C)C1(C)CC2. The Bertz CT molecular complexity index is 1050. The molecule has 0 spiro atoms. The smallest absolute Gasteiger partial charge is 0.312 e. The first-order valence-electron chi connectivity index (χ1n) is 15.4. The molecular formula is C33H52O6. The number of rotatable bonds is 3. The molecule has 5 aliphatic rings. The van der Waals surface area contributed by atoms with E-state index in [0.717, 1.165) is 44.9 Å². The molecule has 0 aromatic carbocycles. The summed E-state index contributed by atoms with van der Waals surface area (Å²) in [7, 11) is 1.55. The average molecular weight is 545 g/mol. The van der Waals surface area contributed by atoms with Gasteiger partial charge >= 0.3 is 11.9 Å². The minimum atomic E-state index is -0.890. The Labute approximate surface area is 235 Å². The number of carbonyl (C=O) groups is 2. The standard InChI is InChI=1S/C33H52O6/c1-19-11-14-33(28(37)38-8)16-15-31(6)22(26(33)20(19)2)9-10-25-29(4)17-23(39-21(3)35)27(36)30(5,18-34)24(29)12-13-32(25,31)7/h9,19-20,23-27,34,36H,10-18H2,1-8H3. The summed E-state index contributed by atoms with van der Waals surface area (Å²) in [4.78, 5) is 25.5. The van der Waals surface area contributed by atoms with Crippen LogP contribution in [0.15, 0.2) is 11.6 Å². The molecule has 5 rings (SSSR count). The van der Waals surface area contributed by atoms with E-state index in [0.29, 0.717) is 24.2 Å². The van der Waals surface area contributed by atoms with E-state index in [2.05, 4.69) is 40.7 Å². The first-order chi connectivity index (χ1) is 18.2. The Hall–Kier alpha value is -1.40. The van der Waals surface area contributed by atoms with Gasteiger partial charge in [0.2, 0.25) is 0 Å². The molecule has 6 heteroatoms. The highest BCUT2D eigenvalue weighted by atomic mass is 16.6. The maximum atomic E-state index is 13.5. The highest BCUT2D eigenvalue weighted by Gasteiger charge is 2.71. The van der Waals surface area contributed by atoms with Crippen LogP contribution in [0, 0.1) is 56.7 Å². The fourth-order valence-corrected chi connectivity index (χ4v) is 11.5. The second-order valence-corrected chi connectivity index (χ2v) is 15.3. The van der Waals surface area contributed by atoms with Crippen molar-refractivity contribution in [3.05, 3.63) is 11.6 Å². The summed E-state index contributed by atoms with van der Waals surface area (Å²) in [5, 5.41) is 22.0. The number of fused-ring (bicyclic) bond motifs is 7. The van der Waals surface area contributed by atoms with Crippen molar-refractivity contribution >= 4 is 11.9 Å². The maximum Gasteiger partial charge on any atom is 0.312 e. The van der Waals surface area contributed by atoms with Crippen LogP contribution in [0.3, 0.4) is 0 Å². The zero-order valence-electron chi connectivity index (χ0n) is 25.5. The molecule has 0 aliphatic heterocycles. The van der Waals surface area contributed by atoms with E-state index < -0.39 is 23.0 Å². The zero-order valence-corrected chi connectivity index (χ0v) is 25.5. The molecule has 6 nitrogen and oxygen atoms in total. The number of aliphatic hydroxyl groups is 2. The van der Waals surface area contributed by atoms with Gasteiger partial charge in [0.15, 0.2) is 0 Å². The van der Waals surface area contributed by atoms with Crippen LogP contribution in [0.1, 0.15) is 99.8 Å². The monoisotopic (exact) mass is 544 g/mol. The molecule has 12 atom stereocenters. The molecule has 0 bridgehead atoms. The number of carbonyl (C=O) groups excluding carboxylic acids is 2. The van der Waals surface area contributed by atoms with E-state index in [9.17, 15) is 19.8 Å². The molecule has 0 aromatic rings. The molecule has 12 unspecified atom stereocenters. The van der Waals surface area contributed by atoms with E-state index in [-0.39, 0.29) is 46.6 Å². The zero-order chi connectivity index (χ0) is 28.8. The third-order valence-electron chi connectivity index (χ3n) is 14.0. The number of esters is 2. The lowest BCUT2D eigenvalue weighted by molar-refractivity contribution is -0.248. The lowest BCUT2D eigenvalue weighted by Gasteiger charge is -2.71. The summed E-state index contributed by atoms with van der Waals surface area (Å²) in [6.07, 6.45) is 8.24. The molecule has 4 fully saturated rings. The van der Waals surface area contributed by atoms with Crippen LogP contribution < -0.4 is 0 Å². The van der Waals surface area contributed by atoms with Crippen molar-refractivity contribution in [3.63, 3.8) is 0 Å². The molecule has 5 aliphatic carbocycles. The van der Waals surface area contributed by atoms with Crippen molar-refractivity contribution in [3.8, 4) is 0 Å². The van der Waals surface area contributed by atoms with Gasteiger partial charge in [-0.2, -0.15) is 0 Å². The Balaban J connectivity index is 1.62. The molecule has 4 saturated carbocycles. The van der Waals surface area contributed by atoms with Crippen LogP contribution in [0.4, 0.5) is 0 Å². The normalized spacial score (nSPS) is 52.8. The molecule has 2 N–H and O–H groups in total. The number of ether oxygens (including phenoxy) is 2. The van der Waals surface area contributed by atoms with Crippen LogP contribution in [0.5, 0.6) is 0 Å². The first-order valence-corrected chi connectivity index (χ1v) is 15.4. The van der Waals surface area contributed by atoms with Crippen molar-refractivity contribution in [1.82, 2.24) is 0 Å². The maximum absolute atomic E-state index is 13.5. The van der Waals surface area contributed by atoms with Crippen LogP contribution in [0.2, 0.25) is 0 Å². The van der Waals surface area contributed by atoms with Crippen molar-refractivity contribution in [2.24, 2.45) is 56.7 Å². The van der Waals surface area contributed by atoms with Gasteiger partial charge in [-0.05, 0) is 97.2 Å². The molecule has 39 heavy (non-hydrogen) atoms. The minimum absolute atomic E-state index is 0.00947. The predicted molar refractivity (Wildman–Crippen MR) is 149 cm³/mol. The van der Waals surface area contributed by atoms with Gasteiger partial charge < -0.3 is 19.7 Å². The molecule has 220 valence electrons. The summed E-state index contributed by atoms with van der Waals surface area (Å²) in [5.41, 5.74) is 0.0403. The van der Waals surface area contributed by atoms with Crippen LogP contribution in [-0.2, 0) is 19.1 Å². The second kappa shape index (κ2) is 9.31. The number of hydrogen-bond donors (Lipinski definition) is 2. The quantitative estimate of drug-likeness (QED) is 0.350. The van der Waals surface area contributed by atoms with E-state index in [4.69, 9.17) is 9.47 Å². The van der Waals surface area contributed by atoms with Crippen molar-refractivity contribution in [1.29, 1.82) is 0 Å². The van der Waals surface area contributed by atoms with Crippen LogP contribution in [0.25, 0.3) is 0 Å². The van der Waals surface area contributed by atoms with Gasteiger partial charge in [0.25, 0.3) is 0 Å². The number of allylic oxidation sites excluding steroid dienone is 2. The average Bonchev–Trinajstić information content (AvgIpc) is 2.88. The third kappa shape index (κ3) is 3.65. The number of hydrogen-bond acceptors (Lipinski definition) is 6. The topological polar surface area (TPSA) is 93.1 Å². The van der Waals surface area contributed by atoms with Crippen molar-refractivity contribution in [2.75, 3.05) is 13.7 Å². The van der Waals surface area contributed by atoms with Crippen LogP contribution >= 0.6 is 0 Å². The van der Waals surface area contributed by atoms with Gasteiger partial charge in [-0.1, -0.05) is 53.2 Å². The van der Waals surface area contributed by atoms with E-state index in [1.807, 2.05) is 6.92 Å². The van der Waals surface area contributed by atoms with Crippen molar-refractivity contribution < 1.29 is 29.3 Å². The summed E-state index contributed by atoms with van der Waals surface area (Å²) >= 11 is 0. The summed E-state index contributed by atoms with van der Waals surface area (Å²) in [6.45, 7) is 15.2. The molecule has 0 amide bonds. The summed E-state index contributed by atoms with van der Waals surface area (Å²) in [6, 6.07) is 0. The Kier molecular flexibility index (Phi) is 6.94. The number of aliphatic hydroxyl groups excluding tert-OH is 2. The summed E-state index contributed by atoms with van der Waals surface area (Å²) in [5.74, 6) is 1.19. The van der Waals surface area contributed by atoms with E-state index in [1.54, 1.807) is 7.11 Å². The fraction of sp³-hybridized carbons (Fsp3) is 0.879. The molecule has 0 heterocycles. The predicted octanol–water partition coefficient (Wildman–Crippen LogP) is 5.69. The van der Waals surface area contributed by atoms with Crippen molar-refractivity contribution in [2.45, 2.75) is 112 Å². The van der Waals surface area contributed by atoms with Gasteiger partial charge in [-0.15, -0.1) is 0 Å². The Morgan fingerprint density at radius 2 is 1.72 bits per heavy atom. The Morgan fingerprint density at radius 1 is 1.03 bits per heavy atom. The summed E-state index contributed by atoms with van der Waals surface area (Å²) < 4.78 is 11.2. The van der Waals surface area contributed by atoms with Gasteiger partial charge in [0, 0.05) is 12.3 Å². The van der Waals surface area contributed by atoms with Gasteiger partial charge in [0.05, 0.1) is 25.2 Å². The molecule has 0 aromatic heterocycles. The molecular weight excluding hydrogens is 492 g/mol.